The van der Waals surface area contributed by atoms with Gasteiger partial charge in [0.25, 0.3) is 0 Å². The lowest BCUT2D eigenvalue weighted by molar-refractivity contribution is -0.120. The first-order valence-corrected chi connectivity index (χ1v) is 10.3. The maximum atomic E-state index is 11.7. The number of benzene rings is 1. The van der Waals surface area contributed by atoms with Crippen LogP contribution in [-0.2, 0) is 11.3 Å². The van der Waals surface area contributed by atoms with Gasteiger partial charge in [-0.05, 0) is 68.6 Å². The minimum absolute atomic E-state index is 0.00947. The topological polar surface area (TPSA) is 63.7 Å². The predicted octanol–water partition coefficient (Wildman–Crippen LogP) is 3.58. The van der Waals surface area contributed by atoms with Crippen LogP contribution in [0.2, 0.25) is 0 Å². The summed E-state index contributed by atoms with van der Waals surface area (Å²) in [6, 6.07) is 12.0. The highest BCUT2D eigenvalue weighted by Crippen LogP contribution is 2.32. The molecule has 0 spiro atoms. The molecule has 2 aromatic rings. The number of rotatable bonds is 8. The number of carbonyl (C=O) groups is 1. The predicted molar refractivity (Wildman–Crippen MR) is 113 cm³/mol. The highest BCUT2D eigenvalue weighted by molar-refractivity contribution is 5.73. The van der Waals surface area contributed by atoms with Crippen LogP contribution < -0.4 is 14.8 Å². The maximum absolute atomic E-state index is 11.7. The summed E-state index contributed by atoms with van der Waals surface area (Å²) in [6.45, 7) is 7.02. The van der Waals surface area contributed by atoms with E-state index in [9.17, 15) is 4.79 Å². The minimum Gasteiger partial charge on any atom is -0.493 e. The molecule has 1 fully saturated rings. The van der Waals surface area contributed by atoms with Crippen molar-refractivity contribution in [3.8, 4) is 11.5 Å². The lowest BCUT2D eigenvalue weighted by atomic mass is 9.87. The van der Waals surface area contributed by atoms with Crippen LogP contribution in [0.1, 0.15) is 44.0 Å². The maximum Gasteiger partial charge on any atom is 0.217 e. The average Bonchev–Trinajstić information content (AvgIpc) is 2.74. The van der Waals surface area contributed by atoms with Crippen molar-refractivity contribution in [1.29, 1.82) is 0 Å². The van der Waals surface area contributed by atoms with E-state index in [4.69, 9.17) is 9.47 Å². The summed E-state index contributed by atoms with van der Waals surface area (Å²) in [5, 5.41) is 3.11. The van der Waals surface area contributed by atoms with Gasteiger partial charge in [0, 0.05) is 19.7 Å². The van der Waals surface area contributed by atoms with E-state index in [-0.39, 0.29) is 11.9 Å². The van der Waals surface area contributed by atoms with E-state index in [0.717, 1.165) is 49.7 Å². The second kappa shape index (κ2) is 10.3. The molecule has 1 saturated heterocycles. The quantitative estimate of drug-likeness (QED) is 0.738. The number of amides is 1. The SMILES string of the molecule is CCOc1cc(CN2CCC([C@@H](NC(C)=O)c3ccccn3)CC2)ccc1OC. The first-order valence-electron chi connectivity index (χ1n) is 10.3. The number of nitrogens with one attached hydrogen (secondary N) is 1. The highest BCUT2D eigenvalue weighted by Gasteiger charge is 2.29. The van der Waals surface area contributed by atoms with E-state index in [1.807, 2.05) is 31.2 Å². The van der Waals surface area contributed by atoms with Crippen LogP contribution in [0.4, 0.5) is 0 Å². The number of ether oxygens (including phenoxy) is 2. The molecular weight excluding hydrogens is 366 g/mol. The molecule has 6 nitrogen and oxygen atoms in total. The smallest absolute Gasteiger partial charge is 0.217 e. The Bertz CT molecular complexity index is 789. The highest BCUT2D eigenvalue weighted by atomic mass is 16.5. The Kier molecular flexibility index (Phi) is 7.47. The molecule has 1 aliphatic rings. The van der Waals surface area contributed by atoms with Crippen LogP contribution in [-0.4, -0.2) is 42.6 Å². The third-order valence-corrected chi connectivity index (χ3v) is 5.40. The molecule has 29 heavy (non-hydrogen) atoms. The van der Waals surface area contributed by atoms with Crippen LogP contribution in [0.15, 0.2) is 42.6 Å². The first kappa shape index (κ1) is 21.1. The fraction of sp³-hybridized carbons (Fsp3) is 0.478. The van der Waals surface area contributed by atoms with E-state index in [2.05, 4.69) is 27.3 Å². The molecule has 1 atom stereocenters. The van der Waals surface area contributed by atoms with Gasteiger partial charge in [-0.3, -0.25) is 14.7 Å². The number of carbonyl (C=O) groups excluding carboxylic acids is 1. The Balaban J connectivity index is 1.62. The molecule has 0 aliphatic carbocycles. The van der Waals surface area contributed by atoms with Crippen LogP contribution in [0.3, 0.4) is 0 Å². The molecule has 0 saturated carbocycles. The van der Waals surface area contributed by atoms with Gasteiger partial charge in [0.15, 0.2) is 11.5 Å². The number of methoxy groups -OCH3 is 1. The molecule has 1 aromatic heterocycles. The van der Waals surface area contributed by atoms with Gasteiger partial charge in [0.1, 0.15) is 0 Å². The molecule has 0 radical (unpaired) electrons. The van der Waals surface area contributed by atoms with E-state index in [0.29, 0.717) is 12.5 Å². The van der Waals surface area contributed by atoms with Crippen LogP contribution >= 0.6 is 0 Å². The Morgan fingerprint density at radius 1 is 1.24 bits per heavy atom. The Morgan fingerprint density at radius 3 is 2.66 bits per heavy atom. The molecule has 1 aromatic carbocycles. The number of aromatic nitrogens is 1. The molecular formula is C23H31N3O3. The van der Waals surface area contributed by atoms with Crippen molar-refractivity contribution in [1.82, 2.24) is 15.2 Å². The van der Waals surface area contributed by atoms with Gasteiger partial charge in [0.2, 0.25) is 5.91 Å². The number of likely N-dealkylation sites (tertiary alicyclic amines) is 1. The normalized spacial score (nSPS) is 16.2. The van der Waals surface area contributed by atoms with Crippen LogP contribution in [0, 0.1) is 5.92 Å². The first-order chi connectivity index (χ1) is 14.1. The third kappa shape index (κ3) is 5.70. The number of hydrogen-bond donors (Lipinski definition) is 1. The van der Waals surface area contributed by atoms with Crippen molar-refractivity contribution in [2.24, 2.45) is 5.92 Å². The molecule has 6 heteroatoms. The molecule has 0 bridgehead atoms. The molecule has 1 amide bonds. The van der Waals surface area contributed by atoms with Crippen molar-refractivity contribution in [3.63, 3.8) is 0 Å². The summed E-state index contributed by atoms with van der Waals surface area (Å²) < 4.78 is 11.1. The summed E-state index contributed by atoms with van der Waals surface area (Å²) in [5.41, 5.74) is 2.16. The molecule has 2 heterocycles. The summed E-state index contributed by atoms with van der Waals surface area (Å²) >= 11 is 0. The standard InChI is InChI=1S/C23H31N3O3/c1-4-29-22-15-18(8-9-21(22)28-3)16-26-13-10-19(11-14-26)23(25-17(2)27)20-7-5-6-12-24-20/h5-9,12,15,19,23H,4,10-11,13-14,16H2,1-3H3,(H,25,27)/t23-/m1/s1. The molecule has 156 valence electrons. The average molecular weight is 398 g/mol. The zero-order valence-electron chi connectivity index (χ0n) is 17.6. The van der Waals surface area contributed by atoms with Crippen molar-refractivity contribution in [2.45, 2.75) is 39.3 Å². The number of pyridine rings is 1. The van der Waals surface area contributed by atoms with E-state index in [1.165, 1.54) is 5.56 Å². The fourth-order valence-corrected chi connectivity index (χ4v) is 4.00. The molecule has 0 unspecified atom stereocenters. The Morgan fingerprint density at radius 2 is 2.03 bits per heavy atom. The lowest BCUT2D eigenvalue weighted by Crippen LogP contribution is -2.40. The summed E-state index contributed by atoms with van der Waals surface area (Å²) in [4.78, 5) is 18.7. The van der Waals surface area contributed by atoms with Crippen molar-refractivity contribution >= 4 is 5.91 Å². The fourth-order valence-electron chi connectivity index (χ4n) is 4.00. The van der Waals surface area contributed by atoms with Crippen molar-refractivity contribution in [3.05, 3.63) is 53.9 Å². The summed E-state index contributed by atoms with van der Waals surface area (Å²) in [6.07, 6.45) is 3.84. The van der Waals surface area contributed by atoms with E-state index >= 15 is 0 Å². The molecule has 1 N–H and O–H groups in total. The van der Waals surface area contributed by atoms with Crippen molar-refractivity contribution in [2.75, 3.05) is 26.8 Å². The second-order valence-electron chi connectivity index (χ2n) is 7.46. The van der Waals surface area contributed by atoms with Gasteiger partial charge in [-0.2, -0.15) is 0 Å². The van der Waals surface area contributed by atoms with Gasteiger partial charge in [-0.15, -0.1) is 0 Å². The number of piperidine rings is 1. The second-order valence-corrected chi connectivity index (χ2v) is 7.46. The monoisotopic (exact) mass is 397 g/mol. The summed E-state index contributed by atoms with van der Waals surface area (Å²) in [7, 11) is 1.66. The van der Waals surface area contributed by atoms with Crippen LogP contribution in [0.5, 0.6) is 11.5 Å². The lowest BCUT2D eigenvalue weighted by Gasteiger charge is -2.36. The van der Waals surface area contributed by atoms with Gasteiger partial charge < -0.3 is 14.8 Å². The largest absolute Gasteiger partial charge is 0.493 e. The van der Waals surface area contributed by atoms with E-state index < -0.39 is 0 Å². The van der Waals surface area contributed by atoms with Crippen LogP contribution in [0.25, 0.3) is 0 Å². The van der Waals surface area contributed by atoms with E-state index in [1.54, 1.807) is 20.2 Å². The zero-order chi connectivity index (χ0) is 20.6. The molecule has 1 aliphatic heterocycles. The minimum atomic E-state index is -0.0265. The van der Waals surface area contributed by atoms with Gasteiger partial charge >= 0.3 is 0 Å². The Labute approximate surface area is 173 Å². The number of nitrogens with zero attached hydrogens (tertiary/aromatic N) is 2. The zero-order valence-corrected chi connectivity index (χ0v) is 17.6. The number of hydrogen-bond acceptors (Lipinski definition) is 5. The van der Waals surface area contributed by atoms with Crippen molar-refractivity contribution < 1.29 is 14.3 Å². The van der Waals surface area contributed by atoms with Gasteiger partial charge in [-0.25, -0.2) is 0 Å². The Hall–Kier alpha value is -2.60. The third-order valence-electron chi connectivity index (χ3n) is 5.40. The van der Waals surface area contributed by atoms with Gasteiger partial charge in [-0.1, -0.05) is 12.1 Å². The summed E-state index contributed by atoms with van der Waals surface area (Å²) in [5.74, 6) is 1.94. The molecule has 3 rings (SSSR count). The van der Waals surface area contributed by atoms with Gasteiger partial charge in [0.05, 0.1) is 25.5 Å².